The molecule has 12 nitrogen and oxygen atoms in total. The van der Waals surface area contributed by atoms with Crippen LogP contribution >= 0.6 is 0 Å². The largest absolute Gasteiger partial charge is 0.390 e. The highest BCUT2D eigenvalue weighted by Gasteiger charge is 2.42. The SMILES string of the molecule is CCC1O[C@@H](OC)C(C)[C@@H](N=[N+]=[N-])[C@@H]1O.CCC1O[C@H](OC)C(C)[C@@H](N=[N+]=[N-])[C@@H]1O. The van der Waals surface area contributed by atoms with Crippen molar-refractivity contribution in [3.8, 4) is 0 Å². The number of methoxy groups -OCH3 is 2. The fourth-order valence-electron chi connectivity index (χ4n) is 3.82. The first-order valence-electron chi connectivity index (χ1n) is 10.1. The van der Waals surface area contributed by atoms with Crippen LogP contribution in [0.4, 0.5) is 0 Å². The lowest BCUT2D eigenvalue weighted by Crippen LogP contribution is -2.52. The van der Waals surface area contributed by atoms with Gasteiger partial charge in [0.05, 0.1) is 36.5 Å². The van der Waals surface area contributed by atoms with Crippen LogP contribution in [0.15, 0.2) is 10.2 Å². The second kappa shape index (κ2) is 12.9. The molecule has 0 aromatic carbocycles. The Labute approximate surface area is 176 Å². The van der Waals surface area contributed by atoms with Gasteiger partial charge in [0.25, 0.3) is 0 Å². The summed E-state index contributed by atoms with van der Waals surface area (Å²) >= 11 is 0. The van der Waals surface area contributed by atoms with E-state index in [-0.39, 0.29) is 24.0 Å². The fraction of sp³-hybridized carbons (Fsp3) is 1.00. The molecule has 0 amide bonds. The molecule has 0 radical (unpaired) electrons. The van der Waals surface area contributed by atoms with Crippen LogP contribution in [0.5, 0.6) is 0 Å². The molecule has 2 heterocycles. The van der Waals surface area contributed by atoms with E-state index in [1.807, 2.05) is 27.7 Å². The highest BCUT2D eigenvalue weighted by atomic mass is 16.7. The Balaban J connectivity index is 0.000000300. The highest BCUT2D eigenvalue weighted by molar-refractivity contribution is 4.92. The molecule has 0 aromatic heterocycles. The van der Waals surface area contributed by atoms with Crippen molar-refractivity contribution < 1.29 is 29.2 Å². The normalized spacial score (nSPS) is 40.9. The van der Waals surface area contributed by atoms with E-state index in [9.17, 15) is 10.2 Å². The quantitative estimate of drug-likeness (QED) is 0.372. The zero-order valence-corrected chi connectivity index (χ0v) is 18.4. The number of nitrogens with zero attached hydrogens (tertiary/aromatic N) is 6. The van der Waals surface area contributed by atoms with Gasteiger partial charge in [-0.15, -0.1) is 0 Å². The van der Waals surface area contributed by atoms with E-state index in [0.29, 0.717) is 12.8 Å². The van der Waals surface area contributed by atoms with E-state index in [1.165, 1.54) is 0 Å². The zero-order valence-electron chi connectivity index (χ0n) is 18.4. The summed E-state index contributed by atoms with van der Waals surface area (Å²) in [4.78, 5) is 5.50. The maximum atomic E-state index is 9.90. The van der Waals surface area contributed by atoms with Crippen LogP contribution in [0.1, 0.15) is 40.5 Å². The van der Waals surface area contributed by atoms with Crippen molar-refractivity contribution >= 4 is 0 Å². The molecule has 2 aliphatic heterocycles. The number of azide groups is 2. The molecule has 0 saturated carbocycles. The van der Waals surface area contributed by atoms with Gasteiger partial charge in [-0.2, -0.15) is 0 Å². The summed E-state index contributed by atoms with van der Waals surface area (Å²) in [5, 5.41) is 27.0. The standard InChI is InChI=1S/2C9H17N3O3/c2*1-4-6-8(13)7(11-12-10)5(2)9(14-3)15-6/h2*5-9,13H,4H2,1-3H3/t5?,6?,7-,8-,9+;5?,6?,7-,8-,9-/m11/s1. The Morgan fingerprint density at radius 3 is 1.37 bits per heavy atom. The number of aliphatic hydroxyl groups is 2. The number of hydrogen-bond donors (Lipinski definition) is 2. The van der Waals surface area contributed by atoms with E-state index >= 15 is 0 Å². The minimum atomic E-state index is -0.757. The summed E-state index contributed by atoms with van der Waals surface area (Å²) in [7, 11) is 3.08. The van der Waals surface area contributed by atoms with Crippen LogP contribution in [0.3, 0.4) is 0 Å². The van der Waals surface area contributed by atoms with Gasteiger partial charge in [-0.05, 0) is 23.9 Å². The number of hydrogen-bond acceptors (Lipinski definition) is 8. The summed E-state index contributed by atoms with van der Waals surface area (Å²) in [5.74, 6) is -0.299. The molecule has 0 spiro atoms. The van der Waals surface area contributed by atoms with Crippen molar-refractivity contribution in [2.45, 2.75) is 89.6 Å². The summed E-state index contributed by atoms with van der Waals surface area (Å²) in [6, 6.07) is -0.975. The Kier molecular flexibility index (Phi) is 11.4. The third-order valence-corrected chi connectivity index (χ3v) is 5.65. The van der Waals surface area contributed by atoms with Crippen molar-refractivity contribution in [3.05, 3.63) is 20.9 Å². The molecule has 10 atom stereocenters. The third kappa shape index (κ3) is 6.19. The first kappa shape index (κ1) is 26.4. The van der Waals surface area contributed by atoms with Crippen LogP contribution in [-0.2, 0) is 18.9 Å². The Hall–Kier alpha value is -1.62. The Bertz CT molecular complexity index is 530. The molecule has 12 heteroatoms. The topological polar surface area (TPSA) is 175 Å². The van der Waals surface area contributed by atoms with Crippen LogP contribution < -0.4 is 0 Å². The van der Waals surface area contributed by atoms with Gasteiger partial charge in [-0.3, -0.25) is 0 Å². The smallest absolute Gasteiger partial charge is 0.160 e. The van der Waals surface area contributed by atoms with Gasteiger partial charge in [-0.25, -0.2) is 0 Å². The molecule has 2 rings (SSSR count). The van der Waals surface area contributed by atoms with E-state index in [0.717, 1.165) is 0 Å². The molecule has 0 aliphatic carbocycles. The highest BCUT2D eigenvalue weighted by Crippen LogP contribution is 2.31. The maximum absolute atomic E-state index is 9.90. The zero-order chi connectivity index (χ0) is 22.8. The van der Waals surface area contributed by atoms with Crippen LogP contribution in [0.25, 0.3) is 20.9 Å². The lowest BCUT2D eigenvalue weighted by atomic mass is 9.89. The van der Waals surface area contributed by atoms with E-state index in [1.54, 1.807) is 14.2 Å². The van der Waals surface area contributed by atoms with Crippen molar-refractivity contribution in [1.29, 1.82) is 0 Å². The fourth-order valence-corrected chi connectivity index (χ4v) is 3.82. The molecule has 4 unspecified atom stereocenters. The van der Waals surface area contributed by atoms with E-state index in [4.69, 9.17) is 30.0 Å². The lowest BCUT2D eigenvalue weighted by molar-refractivity contribution is -0.242. The number of rotatable bonds is 6. The average molecular weight is 431 g/mol. The minimum absolute atomic E-state index is 0.149. The van der Waals surface area contributed by atoms with Crippen molar-refractivity contribution in [2.24, 2.45) is 22.1 Å². The molecule has 2 saturated heterocycles. The van der Waals surface area contributed by atoms with Gasteiger partial charge < -0.3 is 29.2 Å². The van der Waals surface area contributed by atoms with Gasteiger partial charge in [-0.1, -0.05) is 37.9 Å². The van der Waals surface area contributed by atoms with Crippen LogP contribution in [0, 0.1) is 11.8 Å². The second-order valence-electron chi connectivity index (χ2n) is 7.46. The Morgan fingerprint density at radius 1 is 0.800 bits per heavy atom. The predicted octanol–water partition coefficient (Wildman–Crippen LogP) is 2.89. The molecule has 0 bridgehead atoms. The van der Waals surface area contributed by atoms with Crippen molar-refractivity contribution in [3.63, 3.8) is 0 Å². The molecule has 2 aliphatic rings. The van der Waals surface area contributed by atoms with Crippen LogP contribution in [0.2, 0.25) is 0 Å². The average Bonchev–Trinajstić information content (AvgIpc) is 2.75. The van der Waals surface area contributed by atoms with Gasteiger partial charge in [0.1, 0.15) is 0 Å². The summed E-state index contributed by atoms with van der Waals surface area (Å²) in [5.41, 5.74) is 16.9. The van der Waals surface area contributed by atoms with Gasteiger partial charge in [0, 0.05) is 35.9 Å². The van der Waals surface area contributed by atoms with Crippen molar-refractivity contribution in [2.75, 3.05) is 14.2 Å². The van der Waals surface area contributed by atoms with Crippen LogP contribution in [-0.4, -0.2) is 73.5 Å². The lowest BCUT2D eigenvalue weighted by Gasteiger charge is -2.41. The minimum Gasteiger partial charge on any atom is -0.390 e. The summed E-state index contributed by atoms with van der Waals surface area (Å²) in [6.07, 6.45) is -1.71. The van der Waals surface area contributed by atoms with Gasteiger partial charge >= 0.3 is 0 Å². The van der Waals surface area contributed by atoms with Gasteiger partial charge in [0.15, 0.2) is 12.6 Å². The number of ether oxygens (including phenoxy) is 4. The molecular weight excluding hydrogens is 396 g/mol. The van der Waals surface area contributed by atoms with E-state index in [2.05, 4.69) is 20.1 Å². The molecule has 30 heavy (non-hydrogen) atoms. The van der Waals surface area contributed by atoms with E-state index < -0.39 is 36.9 Å². The molecule has 172 valence electrons. The van der Waals surface area contributed by atoms with Gasteiger partial charge in [0.2, 0.25) is 0 Å². The molecule has 0 aromatic rings. The second-order valence-corrected chi connectivity index (χ2v) is 7.46. The first-order chi connectivity index (χ1) is 14.3. The summed E-state index contributed by atoms with van der Waals surface area (Å²) < 4.78 is 21.3. The molecule has 2 fully saturated rings. The first-order valence-corrected chi connectivity index (χ1v) is 10.1. The Morgan fingerprint density at radius 2 is 1.13 bits per heavy atom. The third-order valence-electron chi connectivity index (χ3n) is 5.65. The summed E-state index contributed by atoms with van der Waals surface area (Å²) in [6.45, 7) is 7.48. The molecule has 2 N–H and O–H groups in total. The monoisotopic (exact) mass is 430 g/mol. The molecular formula is C18H34N6O6. The number of aliphatic hydroxyl groups excluding tert-OH is 2. The van der Waals surface area contributed by atoms with Crippen molar-refractivity contribution in [1.82, 2.24) is 0 Å². The predicted molar refractivity (Wildman–Crippen MR) is 108 cm³/mol. The maximum Gasteiger partial charge on any atom is 0.160 e.